The number of methoxy groups -OCH3 is 1. The third kappa shape index (κ3) is 7.61. The lowest BCUT2D eigenvalue weighted by Gasteiger charge is -2.28. The standard InChI is InChI=1S/C28H42N2O6/c1-27(2,3)35-25(32)23(20-11-14-30(17-20)26(33)36-28(4,5)6)16-19-9-8-10-22(15-19)29-13-12-21(18-29)24(31)34-7/h8-10,15,20-21,23H,11-14,16-18H2,1-7H3/t20-,21+,23-/m0/s1. The summed E-state index contributed by atoms with van der Waals surface area (Å²) in [6, 6.07) is 8.14. The Morgan fingerprint density at radius 3 is 2.31 bits per heavy atom. The van der Waals surface area contributed by atoms with Crippen LogP contribution >= 0.6 is 0 Å². The third-order valence-corrected chi connectivity index (χ3v) is 6.61. The van der Waals surface area contributed by atoms with Crippen molar-refractivity contribution in [3.8, 4) is 0 Å². The van der Waals surface area contributed by atoms with Crippen LogP contribution in [0, 0.1) is 17.8 Å². The number of hydrogen-bond donors (Lipinski definition) is 0. The maximum absolute atomic E-state index is 13.3. The van der Waals surface area contributed by atoms with Gasteiger partial charge in [-0.1, -0.05) is 12.1 Å². The average Bonchev–Trinajstić information content (AvgIpc) is 3.45. The first-order valence-corrected chi connectivity index (χ1v) is 12.9. The lowest BCUT2D eigenvalue weighted by Crippen LogP contribution is -2.38. The quantitative estimate of drug-likeness (QED) is 0.420. The van der Waals surface area contributed by atoms with Gasteiger partial charge in [0, 0.05) is 31.9 Å². The van der Waals surface area contributed by atoms with Crippen LogP contribution in [0.3, 0.4) is 0 Å². The van der Waals surface area contributed by atoms with Gasteiger partial charge in [0.05, 0.1) is 18.9 Å². The summed E-state index contributed by atoms with van der Waals surface area (Å²) in [5, 5.41) is 0. The fourth-order valence-corrected chi connectivity index (χ4v) is 4.92. The second-order valence-corrected chi connectivity index (χ2v) is 11.9. The molecule has 2 aliphatic rings. The zero-order valence-corrected chi connectivity index (χ0v) is 22.8. The zero-order valence-electron chi connectivity index (χ0n) is 22.8. The second-order valence-electron chi connectivity index (χ2n) is 11.9. The molecule has 3 atom stereocenters. The number of benzene rings is 1. The summed E-state index contributed by atoms with van der Waals surface area (Å²) in [6.45, 7) is 13.6. The van der Waals surface area contributed by atoms with Crippen LogP contribution in [0.1, 0.15) is 59.9 Å². The molecule has 200 valence electrons. The lowest BCUT2D eigenvalue weighted by atomic mass is 9.86. The number of anilines is 1. The molecule has 8 heteroatoms. The number of rotatable bonds is 6. The van der Waals surface area contributed by atoms with E-state index in [1.807, 2.05) is 59.7 Å². The number of nitrogens with zero attached hydrogens (tertiary/aromatic N) is 2. The Kier molecular flexibility index (Phi) is 8.57. The Morgan fingerprint density at radius 2 is 1.67 bits per heavy atom. The molecular weight excluding hydrogens is 460 g/mol. The van der Waals surface area contributed by atoms with Crippen LogP contribution < -0.4 is 4.90 Å². The maximum atomic E-state index is 13.3. The van der Waals surface area contributed by atoms with Gasteiger partial charge in [0.2, 0.25) is 0 Å². The molecule has 2 heterocycles. The molecular formula is C28H42N2O6. The number of esters is 2. The zero-order chi connectivity index (χ0) is 26.7. The van der Waals surface area contributed by atoms with Crippen LogP contribution in [0.5, 0.6) is 0 Å². The molecule has 1 aromatic rings. The Morgan fingerprint density at radius 1 is 0.972 bits per heavy atom. The SMILES string of the molecule is COC(=O)[C@@H]1CCN(c2cccc(C[C@H](C(=O)OC(C)(C)C)[C@H]3CCN(C(=O)OC(C)(C)C)C3)c2)C1. The van der Waals surface area contributed by atoms with Gasteiger partial charge in [0.25, 0.3) is 0 Å². The summed E-state index contributed by atoms with van der Waals surface area (Å²) in [7, 11) is 1.43. The Hall–Kier alpha value is -2.77. The minimum absolute atomic E-state index is 0.0217. The summed E-state index contributed by atoms with van der Waals surface area (Å²) >= 11 is 0. The van der Waals surface area contributed by atoms with Crippen LogP contribution in [-0.2, 0) is 30.2 Å². The highest BCUT2D eigenvalue weighted by molar-refractivity contribution is 5.75. The molecule has 0 aliphatic carbocycles. The number of amides is 1. The van der Waals surface area contributed by atoms with Crippen molar-refractivity contribution in [2.24, 2.45) is 17.8 Å². The monoisotopic (exact) mass is 502 g/mol. The molecule has 1 amide bonds. The Balaban J connectivity index is 1.75. The van der Waals surface area contributed by atoms with Crippen molar-refractivity contribution in [1.29, 1.82) is 0 Å². The van der Waals surface area contributed by atoms with E-state index in [0.717, 1.165) is 30.6 Å². The fourth-order valence-electron chi connectivity index (χ4n) is 4.92. The number of hydrogen-bond acceptors (Lipinski definition) is 7. The fraction of sp³-hybridized carbons (Fsp3) is 0.679. The van der Waals surface area contributed by atoms with Crippen molar-refractivity contribution < 1.29 is 28.6 Å². The molecule has 2 fully saturated rings. The van der Waals surface area contributed by atoms with Gasteiger partial charge in [-0.2, -0.15) is 0 Å². The van der Waals surface area contributed by atoms with Crippen molar-refractivity contribution >= 4 is 23.7 Å². The van der Waals surface area contributed by atoms with Gasteiger partial charge in [0.15, 0.2) is 0 Å². The predicted molar refractivity (Wildman–Crippen MR) is 138 cm³/mol. The van der Waals surface area contributed by atoms with Crippen LogP contribution in [-0.4, -0.2) is 67.4 Å². The molecule has 0 N–H and O–H groups in total. The summed E-state index contributed by atoms with van der Waals surface area (Å²) in [5.74, 6) is -0.935. The van der Waals surface area contributed by atoms with Gasteiger partial charge >= 0.3 is 18.0 Å². The molecule has 1 aromatic carbocycles. The molecule has 3 rings (SSSR count). The van der Waals surface area contributed by atoms with E-state index in [0.29, 0.717) is 26.1 Å². The molecule has 0 saturated carbocycles. The van der Waals surface area contributed by atoms with Gasteiger partial charge in [0.1, 0.15) is 11.2 Å². The molecule has 36 heavy (non-hydrogen) atoms. The van der Waals surface area contributed by atoms with Crippen LogP contribution in [0.25, 0.3) is 0 Å². The highest BCUT2D eigenvalue weighted by Gasteiger charge is 2.39. The summed E-state index contributed by atoms with van der Waals surface area (Å²) in [5.41, 5.74) is 0.895. The van der Waals surface area contributed by atoms with E-state index in [4.69, 9.17) is 14.2 Å². The number of carbonyl (C=O) groups is 3. The van der Waals surface area contributed by atoms with Gasteiger partial charge in [-0.3, -0.25) is 9.59 Å². The number of ether oxygens (including phenoxy) is 3. The van der Waals surface area contributed by atoms with Crippen LogP contribution in [0.2, 0.25) is 0 Å². The van der Waals surface area contributed by atoms with E-state index in [1.54, 1.807) is 4.90 Å². The van der Waals surface area contributed by atoms with E-state index >= 15 is 0 Å². The molecule has 2 saturated heterocycles. The van der Waals surface area contributed by atoms with Crippen molar-refractivity contribution in [2.75, 3.05) is 38.2 Å². The smallest absolute Gasteiger partial charge is 0.410 e. The summed E-state index contributed by atoms with van der Waals surface area (Å²) < 4.78 is 16.3. The summed E-state index contributed by atoms with van der Waals surface area (Å²) in [6.07, 6.45) is 1.66. The minimum Gasteiger partial charge on any atom is -0.469 e. The first-order valence-electron chi connectivity index (χ1n) is 12.9. The first-order chi connectivity index (χ1) is 16.8. The van der Waals surface area contributed by atoms with Gasteiger partial charge in [-0.05, 0) is 84.4 Å². The molecule has 0 spiro atoms. The van der Waals surface area contributed by atoms with Crippen molar-refractivity contribution in [3.63, 3.8) is 0 Å². The van der Waals surface area contributed by atoms with Crippen molar-refractivity contribution in [2.45, 2.75) is 72.0 Å². The number of likely N-dealkylation sites (tertiary alicyclic amines) is 1. The molecule has 0 radical (unpaired) electrons. The maximum Gasteiger partial charge on any atom is 0.410 e. The molecule has 8 nitrogen and oxygen atoms in total. The minimum atomic E-state index is -0.598. The summed E-state index contributed by atoms with van der Waals surface area (Å²) in [4.78, 5) is 41.8. The van der Waals surface area contributed by atoms with Gasteiger partial charge < -0.3 is 24.0 Å². The van der Waals surface area contributed by atoms with Crippen molar-refractivity contribution in [3.05, 3.63) is 29.8 Å². The number of carbonyl (C=O) groups excluding carboxylic acids is 3. The Bertz CT molecular complexity index is 948. The van der Waals surface area contributed by atoms with Crippen LogP contribution in [0.4, 0.5) is 10.5 Å². The van der Waals surface area contributed by atoms with E-state index in [-0.39, 0.29) is 35.8 Å². The largest absolute Gasteiger partial charge is 0.469 e. The normalized spacial score (nSPS) is 21.3. The highest BCUT2D eigenvalue weighted by Crippen LogP contribution is 2.32. The Labute approximate surface area is 215 Å². The average molecular weight is 503 g/mol. The highest BCUT2D eigenvalue weighted by atomic mass is 16.6. The van der Waals surface area contributed by atoms with Gasteiger partial charge in [-0.15, -0.1) is 0 Å². The third-order valence-electron chi connectivity index (χ3n) is 6.61. The topological polar surface area (TPSA) is 85.4 Å². The molecule has 0 bridgehead atoms. The van der Waals surface area contributed by atoms with E-state index in [1.165, 1.54) is 7.11 Å². The van der Waals surface area contributed by atoms with E-state index in [9.17, 15) is 14.4 Å². The van der Waals surface area contributed by atoms with E-state index in [2.05, 4.69) is 11.0 Å². The lowest BCUT2D eigenvalue weighted by molar-refractivity contribution is -0.162. The predicted octanol–water partition coefficient (Wildman–Crippen LogP) is 4.44. The molecule has 0 aromatic heterocycles. The molecule has 0 unspecified atom stereocenters. The van der Waals surface area contributed by atoms with Crippen molar-refractivity contribution in [1.82, 2.24) is 4.90 Å². The van der Waals surface area contributed by atoms with E-state index < -0.39 is 11.2 Å². The van der Waals surface area contributed by atoms with Gasteiger partial charge in [-0.25, -0.2) is 4.79 Å². The van der Waals surface area contributed by atoms with Crippen LogP contribution in [0.15, 0.2) is 24.3 Å². The second kappa shape index (κ2) is 11.1. The molecule has 2 aliphatic heterocycles. The first kappa shape index (κ1) is 27.8.